The molecule has 0 saturated heterocycles. The molecule has 0 fully saturated rings. The summed E-state index contributed by atoms with van der Waals surface area (Å²) < 4.78 is 6.74. The zero-order chi connectivity index (χ0) is 18.2. The molecule has 0 aliphatic carbocycles. The molecule has 0 saturated carbocycles. The van der Waals surface area contributed by atoms with Gasteiger partial charge in [0.15, 0.2) is 12.4 Å². The van der Waals surface area contributed by atoms with Crippen molar-refractivity contribution in [2.75, 3.05) is 0 Å². The average molecular weight is 339 g/mol. The molecular formula is C18H21N5O2. The Kier molecular flexibility index (Phi) is 6.40. The van der Waals surface area contributed by atoms with Gasteiger partial charge in [-0.15, -0.1) is 5.10 Å². The van der Waals surface area contributed by atoms with Gasteiger partial charge in [0.25, 0.3) is 0 Å². The zero-order valence-electron chi connectivity index (χ0n) is 14.6. The van der Waals surface area contributed by atoms with E-state index in [1.807, 2.05) is 37.3 Å². The van der Waals surface area contributed by atoms with Crippen molar-refractivity contribution in [3.05, 3.63) is 46.8 Å². The molecular weight excluding hydrogens is 318 g/mol. The molecule has 0 radical (unpaired) electrons. The maximum Gasteiger partial charge on any atom is 0.349 e. The fourth-order valence-corrected chi connectivity index (χ4v) is 2.20. The van der Waals surface area contributed by atoms with Crippen LogP contribution in [0.15, 0.2) is 29.8 Å². The van der Waals surface area contributed by atoms with E-state index in [0.717, 1.165) is 12.0 Å². The van der Waals surface area contributed by atoms with Crippen LogP contribution in [0.25, 0.3) is 6.08 Å². The van der Waals surface area contributed by atoms with E-state index in [9.17, 15) is 10.1 Å². The van der Waals surface area contributed by atoms with Gasteiger partial charge >= 0.3 is 5.97 Å². The van der Waals surface area contributed by atoms with Crippen LogP contribution in [0, 0.1) is 11.3 Å². The molecule has 7 heteroatoms. The SMILES string of the molecule is CCCn1nnnc1COC(=O)/C(C#N)=C/c1ccc(C(C)C)cc1. The minimum absolute atomic E-state index is 0.0631. The summed E-state index contributed by atoms with van der Waals surface area (Å²) in [5.74, 6) is 0.183. The van der Waals surface area contributed by atoms with Gasteiger partial charge in [-0.2, -0.15) is 5.26 Å². The van der Waals surface area contributed by atoms with Gasteiger partial charge in [0.2, 0.25) is 0 Å². The first-order chi connectivity index (χ1) is 12.0. The molecule has 130 valence electrons. The fraction of sp³-hybridized carbons (Fsp3) is 0.389. The van der Waals surface area contributed by atoms with Crippen molar-refractivity contribution in [3.8, 4) is 6.07 Å². The number of tetrazole rings is 1. The number of esters is 1. The van der Waals surface area contributed by atoms with Crippen molar-refractivity contribution in [2.24, 2.45) is 0 Å². The molecule has 1 aromatic carbocycles. The molecule has 0 aliphatic heterocycles. The van der Waals surface area contributed by atoms with Gasteiger partial charge in [-0.25, -0.2) is 9.48 Å². The Labute approximate surface area is 146 Å². The Morgan fingerprint density at radius 3 is 2.68 bits per heavy atom. The number of hydrogen-bond donors (Lipinski definition) is 0. The second kappa shape index (κ2) is 8.73. The first-order valence-corrected chi connectivity index (χ1v) is 8.19. The third kappa shape index (κ3) is 4.98. The summed E-state index contributed by atoms with van der Waals surface area (Å²) in [5.41, 5.74) is 1.90. The van der Waals surface area contributed by atoms with Gasteiger partial charge in [-0.1, -0.05) is 45.0 Å². The summed E-state index contributed by atoms with van der Waals surface area (Å²) in [4.78, 5) is 12.1. The van der Waals surface area contributed by atoms with Gasteiger partial charge in [0.1, 0.15) is 11.6 Å². The minimum Gasteiger partial charge on any atom is -0.453 e. The number of nitriles is 1. The molecule has 0 N–H and O–H groups in total. The summed E-state index contributed by atoms with van der Waals surface area (Å²) in [6.07, 6.45) is 2.38. The molecule has 7 nitrogen and oxygen atoms in total. The topological polar surface area (TPSA) is 93.7 Å². The van der Waals surface area contributed by atoms with Crippen molar-refractivity contribution in [3.63, 3.8) is 0 Å². The van der Waals surface area contributed by atoms with Crippen molar-refractivity contribution >= 4 is 12.0 Å². The predicted octanol–water partition coefficient (Wildman–Crippen LogP) is 2.86. The van der Waals surface area contributed by atoms with Crippen LogP contribution in [0.2, 0.25) is 0 Å². The van der Waals surface area contributed by atoms with E-state index in [4.69, 9.17) is 4.74 Å². The summed E-state index contributed by atoms with van der Waals surface area (Å²) in [5, 5.41) is 20.4. The summed E-state index contributed by atoms with van der Waals surface area (Å²) in [7, 11) is 0. The Bertz CT molecular complexity index is 785. The predicted molar refractivity (Wildman–Crippen MR) is 92.0 cm³/mol. The molecule has 1 heterocycles. The van der Waals surface area contributed by atoms with E-state index in [0.29, 0.717) is 18.3 Å². The van der Waals surface area contributed by atoms with E-state index in [1.54, 1.807) is 4.68 Å². The molecule has 2 rings (SSSR count). The monoisotopic (exact) mass is 339 g/mol. The highest BCUT2D eigenvalue weighted by molar-refractivity contribution is 5.97. The van der Waals surface area contributed by atoms with Gasteiger partial charge < -0.3 is 4.74 Å². The number of benzene rings is 1. The second-order valence-corrected chi connectivity index (χ2v) is 5.89. The number of aromatic nitrogens is 4. The minimum atomic E-state index is -0.693. The smallest absolute Gasteiger partial charge is 0.349 e. The van der Waals surface area contributed by atoms with Crippen LogP contribution < -0.4 is 0 Å². The van der Waals surface area contributed by atoms with Crippen molar-refractivity contribution in [1.29, 1.82) is 5.26 Å². The lowest BCUT2D eigenvalue weighted by atomic mass is 10.0. The highest BCUT2D eigenvalue weighted by Gasteiger charge is 2.14. The van der Waals surface area contributed by atoms with Crippen molar-refractivity contribution < 1.29 is 9.53 Å². The number of nitrogens with zero attached hydrogens (tertiary/aromatic N) is 5. The van der Waals surface area contributed by atoms with E-state index in [-0.39, 0.29) is 12.2 Å². The third-order valence-electron chi connectivity index (χ3n) is 3.63. The van der Waals surface area contributed by atoms with Gasteiger partial charge in [-0.3, -0.25) is 0 Å². The number of hydrogen-bond acceptors (Lipinski definition) is 6. The maximum atomic E-state index is 12.1. The number of carbonyl (C=O) groups excluding carboxylic acids is 1. The lowest BCUT2D eigenvalue weighted by Gasteiger charge is -2.06. The molecule has 1 aromatic heterocycles. The largest absolute Gasteiger partial charge is 0.453 e. The molecule has 25 heavy (non-hydrogen) atoms. The van der Waals surface area contributed by atoms with E-state index in [1.165, 1.54) is 11.6 Å². The molecule has 2 aromatic rings. The number of carbonyl (C=O) groups is 1. The van der Waals surface area contributed by atoms with Gasteiger partial charge in [0.05, 0.1) is 0 Å². The Hall–Kier alpha value is -3.01. The lowest BCUT2D eigenvalue weighted by molar-refractivity contribution is -0.140. The van der Waals surface area contributed by atoms with Crippen LogP contribution in [0.5, 0.6) is 0 Å². The highest BCUT2D eigenvalue weighted by Crippen LogP contribution is 2.16. The standard InChI is InChI=1S/C18H21N5O2/c1-4-9-23-17(20-21-22-23)12-25-18(24)16(11-19)10-14-5-7-15(8-6-14)13(2)3/h5-8,10,13H,4,9,12H2,1-3H3/b16-10+. The average Bonchev–Trinajstić information content (AvgIpc) is 3.05. The number of rotatable bonds is 7. The van der Waals surface area contributed by atoms with Crippen LogP contribution in [-0.4, -0.2) is 26.2 Å². The van der Waals surface area contributed by atoms with Crippen LogP contribution in [0.4, 0.5) is 0 Å². The molecule has 0 aliphatic rings. The van der Waals surface area contributed by atoms with Crippen molar-refractivity contribution in [2.45, 2.75) is 46.3 Å². The fourth-order valence-electron chi connectivity index (χ4n) is 2.20. The van der Waals surface area contributed by atoms with E-state index in [2.05, 4.69) is 29.4 Å². The summed E-state index contributed by atoms with van der Waals surface area (Å²) in [6.45, 7) is 6.78. The lowest BCUT2D eigenvalue weighted by Crippen LogP contribution is -2.11. The number of ether oxygens (including phenoxy) is 1. The van der Waals surface area contributed by atoms with E-state index < -0.39 is 5.97 Å². The molecule has 0 atom stereocenters. The second-order valence-electron chi connectivity index (χ2n) is 5.89. The summed E-state index contributed by atoms with van der Waals surface area (Å²) in [6, 6.07) is 9.60. The van der Waals surface area contributed by atoms with Gasteiger partial charge in [-0.05, 0) is 40.0 Å². The zero-order valence-corrected chi connectivity index (χ0v) is 14.6. The molecule has 0 unspecified atom stereocenters. The van der Waals surface area contributed by atoms with Crippen LogP contribution >= 0.6 is 0 Å². The first kappa shape index (κ1) is 18.3. The van der Waals surface area contributed by atoms with Crippen LogP contribution in [-0.2, 0) is 22.7 Å². The third-order valence-corrected chi connectivity index (χ3v) is 3.63. The maximum absolute atomic E-state index is 12.1. The molecule has 0 amide bonds. The van der Waals surface area contributed by atoms with Crippen LogP contribution in [0.3, 0.4) is 0 Å². The Morgan fingerprint density at radius 2 is 2.08 bits per heavy atom. The van der Waals surface area contributed by atoms with Crippen molar-refractivity contribution in [1.82, 2.24) is 20.2 Å². The normalized spacial score (nSPS) is 11.4. The highest BCUT2D eigenvalue weighted by atomic mass is 16.5. The van der Waals surface area contributed by atoms with E-state index >= 15 is 0 Å². The summed E-state index contributed by atoms with van der Waals surface area (Å²) >= 11 is 0. The van der Waals surface area contributed by atoms with Crippen LogP contribution in [0.1, 0.15) is 50.1 Å². The quantitative estimate of drug-likeness (QED) is 0.437. The Morgan fingerprint density at radius 1 is 1.36 bits per heavy atom. The first-order valence-electron chi connectivity index (χ1n) is 8.19. The van der Waals surface area contributed by atoms with Gasteiger partial charge in [0, 0.05) is 6.54 Å². The number of aryl methyl sites for hydroxylation is 1. The Balaban J connectivity index is 2.05. The molecule has 0 bridgehead atoms. The molecule has 0 spiro atoms.